The van der Waals surface area contributed by atoms with Crippen molar-refractivity contribution >= 4 is 28.7 Å². The highest BCUT2D eigenvalue weighted by molar-refractivity contribution is 6.02. The molecule has 0 bridgehead atoms. The summed E-state index contributed by atoms with van der Waals surface area (Å²) in [5, 5.41) is 24.9. The molecule has 0 radical (unpaired) electrons. The number of carbonyl (C=O) groups excluding carboxylic acids is 1. The van der Waals surface area contributed by atoms with Crippen LogP contribution in [0, 0.1) is 27.2 Å². The van der Waals surface area contributed by atoms with E-state index in [1.165, 1.54) is 43.5 Å². The zero-order valence-electron chi connectivity index (χ0n) is 17.9. The predicted octanol–water partition coefficient (Wildman–Crippen LogP) is 3.15. The minimum Gasteiger partial charge on any atom is -0.469 e. The molecule has 1 heterocycles. The number of nitro benzene ring substituents is 2. The van der Waals surface area contributed by atoms with Gasteiger partial charge in [0.15, 0.2) is 0 Å². The molecule has 12 nitrogen and oxygen atoms in total. The molecule has 0 aliphatic rings. The number of benzene rings is 2. The molecule has 0 spiro atoms. The highest BCUT2D eigenvalue weighted by Gasteiger charge is 2.21. The molecule has 33 heavy (non-hydrogen) atoms. The first-order valence-electron chi connectivity index (χ1n) is 9.58. The van der Waals surface area contributed by atoms with Crippen molar-refractivity contribution in [3.63, 3.8) is 0 Å². The van der Waals surface area contributed by atoms with E-state index >= 15 is 0 Å². The number of H-pyrrole nitrogens is 1. The van der Waals surface area contributed by atoms with Gasteiger partial charge in [-0.2, -0.15) is 0 Å². The number of non-ortho nitro benzene ring substituents is 2. The van der Waals surface area contributed by atoms with Gasteiger partial charge in [0, 0.05) is 24.3 Å². The van der Waals surface area contributed by atoms with Crippen molar-refractivity contribution in [3.05, 3.63) is 89.9 Å². The van der Waals surface area contributed by atoms with Crippen LogP contribution in [0.1, 0.15) is 23.7 Å². The average Bonchev–Trinajstić information content (AvgIpc) is 3.10. The van der Waals surface area contributed by atoms with Gasteiger partial charge in [0.1, 0.15) is 0 Å². The molecular formula is C21H19N5O7. The van der Waals surface area contributed by atoms with Gasteiger partial charge in [0.25, 0.3) is 16.9 Å². The summed E-state index contributed by atoms with van der Waals surface area (Å²) in [7, 11) is 1.21. The Morgan fingerprint density at radius 3 is 2.27 bits per heavy atom. The number of rotatable bonds is 7. The number of hydrogen-bond donors (Lipinski definition) is 1. The first-order chi connectivity index (χ1) is 15.6. The fourth-order valence-corrected chi connectivity index (χ4v) is 3.17. The third-order valence-corrected chi connectivity index (χ3v) is 4.89. The van der Waals surface area contributed by atoms with Gasteiger partial charge < -0.3 is 4.74 Å². The fourth-order valence-electron chi connectivity index (χ4n) is 3.17. The predicted molar refractivity (Wildman–Crippen MR) is 118 cm³/mol. The number of aliphatic imine (C=N–C) groups is 1. The zero-order valence-corrected chi connectivity index (χ0v) is 17.9. The zero-order chi connectivity index (χ0) is 24.3. The van der Waals surface area contributed by atoms with Gasteiger partial charge >= 0.3 is 5.97 Å². The third-order valence-electron chi connectivity index (χ3n) is 4.89. The highest BCUT2D eigenvalue weighted by Crippen LogP contribution is 2.25. The molecule has 2 aromatic carbocycles. The SMILES string of the molecule is COC(=O)Cc1[nH]n(-c2ccc([N+](=O)[O-])cc2)c(=O)c1C(C)=Nc1cc([N+](=O)[O-])ccc1C. The molecule has 3 rings (SSSR count). The number of hydrogen-bond acceptors (Lipinski definition) is 8. The Hall–Kier alpha value is -4.61. The van der Waals surface area contributed by atoms with Crippen molar-refractivity contribution < 1.29 is 19.4 Å². The van der Waals surface area contributed by atoms with Crippen LogP contribution >= 0.6 is 0 Å². The number of esters is 1. The number of ether oxygens (including phenoxy) is 1. The molecular weight excluding hydrogens is 434 g/mol. The van der Waals surface area contributed by atoms with Crippen molar-refractivity contribution in [2.24, 2.45) is 4.99 Å². The molecule has 3 aromatic rings. The minimum atomic E-state index is -0.604. The Labute approximate surface area is 186 Å². The molecule has 0 aliphatic carbocycles. The summed E-state index contributed by atoms with van der Waals surface area (Å²) in [5.41, 5.74) is 0.938. The van der Waals surface area contributed by atoms with Crippen molar-refractivity contribution in [2.45, 2.75) is 20.3 Å². The quantitative estimate of drug-likeness (QED) is 0.248. The van der Waals surface area contributed by atoms with Gasteiger partial charge in [0.05, 0.1) is 51.7 Å². The normalized spacial score (nSPS) is 11.3. The number of aryl methyl sites for hydroxylation is 1. The van der Waals surface area contributed by atoms with E-state index in [4.69, 9.17) is 4.74 Å². The van der Waals surface area contributed by atoms with E-state index in [1.54, 1.807) is 19.9 Å². The van der Waals surface area contributed by atoms with Crippen LogP contribution in [0.5, 0.6) is 0 Å². The maximum absolute atomic E-state index is 13.2. The standard InChI is InChI=1S/C21H19N5O7/c1-12-4-5-16(26(31)32)10-17(12)22-13(2)20-18(11-19(27)33-3)23-24(21(20)28)14-6-8-15(9-7-14)25(29)30/h4-10,23H,11H2,1-3H3. The van der Waals surface area contributed by atoms with E-state index in [1.807, 2.05) is 0 Å². The van der Waals surface area contributed by atoms with Gasteiger partial charge in [-0.15, -0.1) is 0 Å². The second kappa shape index (κ2) is 9.26. The lowest BCUT2D eigenvalue weighted by atomic mass is 10.1. The van der Waals surface area contributed by atoms with Crippen LogP contribution < -0.4 is 5.56 Å². The monoisotopic (exact) mass is 453 g/mol. The lowest BCUT2D eigenvalue weighted by Crippen LogP contribution is -2.20. The lowest BCUT2D eigenvalue weighted by molar-refractivity contribution is -0.385. The second-order valence-corrected chi connectivity index (χ2v) is 7.06. The number of aromatic amines is 1. The summed E-state index contributed by atoms with van der Waals surface area (Å²) in [6.45, 7) is 3.27. The third kappa shape index (κ3) is 4.84. The summed E-state index contributed by atoms with van der Waals surface area (Å²) >= 11 is 0. The van der Waals surface area contributed by atoms with Gasteiger partial charge in [0.2, 0.25) is 0 Å². The van der Waals surface area contributed by atoms with Crippen LogP contribution in [0.4, 0.5) is 17.1 Å². The number of aromatic nitrogens is 2. The Bertz CT molecular complexity index is 1340. The van der Waals surface area contributed by atoms with Crippen LogP contribution in [-0.4, -0.2) is 38.4 Å². The molecule has 0 unspecified atom stereocenters. The van der Waals surface area contributed by atoms with Crippen molar-refractivity contribution in [1.82, 2.24) is 9.78 Å². The number of nitro groups is 2. The maximum atomic E-state index is 13.2. The smallest absolute Gasteiger partial charge is 0.311 e. The number of nitrogens with zero attached hydrogens (tertiary/aromatic N) is 4. The topological polar surface area (TPSA) is 163 Å². The molecule has 0 saturated heterocycles. The van der Waals surface area contributed by atoms with E-state index in [-0.39, 0.29) is 34.8 Å². The summed E-state index contributed by atoms with van der Waals surface area (Å²) in [5.74, 6) is -0.604. The molecule has 0 aliphatic heterocycles. The number of methoxy groups -OCH3 is 1. The van der Waals surface area contributed by atoms with Crippen LogP contribution in [0.25, 0.3) is 5.69 Å². The first-order valence-corrected chi connectivity index (χ1v) is 9.58. The molecule has 0 fully saturated rings. The van der Waals surface area contributed by atoms with Gasteiger partial charge in [-0.1, -0.05) is 6.07 Å². The van der Waals surface area contributed by atoms with Gasteiger partial charge in [-0.25, -0.2) is 4.68 Å². The first kappa shape index (κ1) is 23.1. The Balaban J connectivity index is 2.15. The van der Waals surface area contributed by atoms with E-state index in [9.17, 15) is 29.8 Å². The Morgan fingerprint density at radius 1 is 1.09 bits per heavy atom. The molecule has 12 heteroatoms. The second-order valence-electron chi connectivity index (χ2n) is 7.06. The Morgan fingerprint density at radius 2 is 1.70 bits per heavy atom. The summed E-state index contributed by atoms with van der Waals surface area (Å²) in [6.07, 6.45) is -0.262. The summed E-state index contributed by atoms with van der Waals surface area (Å²) < 4.78 is 5.84. The van der Waals surface area contributed by atoms with E-state index in [0.717, 1.165) is 4.68 Å². The maximum Gasteiger partial charge on any atom is 0.311 e. The van der Waals surface area contributed by atoms with E-state index in [2.05, 4.69) is 10.1 Å². The molecule has 0 atom stereocenters. The van der Waals surface area contributed by atoms with Crippen LogP contribution in [-0.2, 0) is 16.0 Å². The molecule has 1 N–H and O–H groups in total. The molecule has 0 saturated carbocycles. The lowest BCUT2D eigenvalue weighted by Gasteiger charge is -2.04. The Kier molecular flexibility index (Phi) is 6.47. The fraction of sp³-hybridized carbons (Fsp3) is 0.190. The highest BCUT2D eigenvalue weighted by atomic mass is 16.6. The van der Waals surface area contributed by atoms with E-state index < -0.39 is 21.4 Å². The molecule has 1 aromatic heterocycles. The van der Waals surface area contributed by atoms with E-state index in [0.29, 0.717) is 16.9 Å². The average molecular weight is 453 g/mol. The summed E-state index contributed by atoms with van der Waals surface area (Å²) in [4.78, 5) is 50.5. The van der Waals surface area contributed by atoms with Crippen molar-refractivity contribution in [1.29, 1.82) is 0 Å². The van der Waals surface area contributed by atoms with Crippen LogP contribution in [0.3, 0.4) is 0 Å². The van der Waals surface area contributed by atoms with Crippen LogP contribution in [0.15, 0.2) is 52.3 Å². The van der Waals surface area contributed by atoms with Gasteiger partial charge in [-0.3, -0.25) is 39.9 Å². The van der Waals surface area contributed by atoms with Crippen molar-refractivity contribution in [3.8, 4) is 5.69 Å². The largest absolute Gasteiger partial charge is 0.469 e. The van der Waals surface area contributed by atoms with Gasteiger partial charge in [-0.05, 0) is 31.5 Å². The number of carbonyl (C=O) groups is 1. The number of nitrogens with one attached hydrogen (secondary N) is 1. The van der Waals surface area contributed by atoms with Crippen LogP contribution in [0.2, 0.25) is 0 Å². The molecule has 170 valence electrons. The minimum absolute atomic E-state index is 0.0876. The molecule has 0 amide bonds. The summed E-state index contributed by atoms with van der Waals surface area (Å²) in [6, 6.07) is 9.46. The van der Waals surface area contributed by atoms with Crippen molar-refractivity contribution in [2.75, 3.05) is 7.11 Å².